The van der Waals surface area contributed by atoms with Gasteiger partial charge in [0.1, 0.15) is 17.6 Å². The van der Waals surface area contributed by atoms with Crippen molar-refractivity contribution in [3.8, 4) is 0 Å². The summed E-state index contributed by atoms with van der Waals surface area (Å²) in [4.78, 5) is 4.38. The van der Waals surface area contributed by atoms with E-state index in [0.717, 1.165) is 29.2 Å². The Labute approximate surface area is 109 Å². The van der Waals surface area contributed by atoms with Gasteiger partial charge in [0, 0.05) is 19.4 Å². The summed E-state index contributed by atoms with van der Waals surface area (Å²) in [5.74, 6) is 1.83. The van der Waals surface area contributed by atoms with Crippen LogP contribution in [0.2, 0.25) is 0 Å². The highest BCUT2D eigenvalue weighted by Gasteiger charge is 2.20. The van der Waals surface area contributed by atoms with Crippen LogP contribution in [0.5, 0.6) is 0 Å². The van der Waals surface area contributed by atoms with Crippen molar-refractivity contribution in [1.82, 2.24) is 14.9 Å². The number of halogens is 1. The number of hydrogen-bond acceptors (Lipinski definition) is 3. The fourth-order valence-electron chi connectivity index (χ4n) is 1.75. The normalized spacial score (nSPS) is 12.9. The summed E-state index contributed by atoms with van der Waals surface area (Å²) in [5.41, 5.74) is 0. The Morgan fingerprint density at radius 1 is 1.53 bits per heavy atom. The summed E-state index contributed by atoms with van der Waals surface area (Å²) in [6.07, 6.45) is 4.81. The van der Waals surface area contributed by atoms with E-state index in [1.165, 1.54) is 0 Å². The van der Waals surface area contributed by atoms with Gasteiger partial charge in [0.15, 0.2) is 4.67 Å². The van der Waals surface area contributed by atoms with Crippen molar-refractivity contribution in [2.75, 3.05) is 6.54 Å². The molecule has 92 valence electrons. The van der Waals surface area contributed by atoms with Gasteiger partial charge in [-0.2, -0.15) is 0 Å². The second-order valence-corrected chi connectivity index (χ2v) is 4.71. The van der Waals surface area contributed by atoms with Gasteiger partial charge in [-0.15, -0.1) is 0 Å². The van der Waals surface area contributed by atoms with Crippen molar-refractivity contribution >= 4 is 15.9 Å². The molecule has 0 saturated heterocycles. The van der Waals surface area contributed by atoms with Crippen molar-refractivity contribution in [2.24, 2.45) is 7.05 Å². The highest BCUT2D eigenvalue weighted by atomic mass is 79.9. The molecule has 17 heavy (non-hydrogen) atoms. The molecule has 0 bridgehead atoms. The van der Waals surface area contributed by atoms with Gasteiger partial charge < -0.3 is 14.3 Å². The molecule has 0 aliphatic carbocycles. The number of nitrogens with one attached hydrogen (secondary N) is 1. The fourth-order valence-corrected chi connectivity index (χ4v) is 2.07. The van der Waals surface area contributed by atoms with Crippen molar-refractivity contribution in [3.05, 3.63) is 40.8 Å². The Morgan fingerprint density at radius 3 is 2.88 bits per heavy atom. The average molecular weight is 298 g/mol. The molecule has 0 aromatic carbocycles. The third-order valence-corrected chi connectivity index (χ3v) is 3.02. The molecule has 2 rings (SSSR count). The molecule has 0 aliphatic heterocycles. The molecule has 0 aliphatic rings. The predicted molar refractivity (Wildman–Crippen MR) is 69.8 cm³/mol. The maximum absolute atomic E-state index is 5.62. The zero-order chi connectivity index (χ0) is 12.3. The van der Waals surface area contributed by atoms with Crippen LogP contribution in [0.15, 0.2) is 33.6 Å². The largest absolute Gasteiger partial charge is 0.452 e. The number of imidazole rings is 1. The van der Waals surface area contributed by atoms with Gasteiger partial charge in [0.25, 0.3) is 0 Å². The van der Waals surface area contributed by atoms with Crippen molar-refractivity contribution in [1.29, 1.82) is 0 Å². The molecule has 2 aromatic heterocycles. The van der Waals surface area contributed by atoms with Crippen LogP contribution in [-0.2, 0) is 7.05 Å². The first-order chi connectivity index (χ1) is 8.22. The average Bonchev–Trinajstić information content (AvgIpc) is 2.90. The minimum Gasteiger partial charge on any atom is -0.452 e. The van der Waals surface area contributed by atoms with Gasteiger partial charge in [-0.05, 0) is 41.0 Å². The molecule has 1 unspecified atom stereocenters. The quantitative estimate of drug-likeness (QED) is 0.923. The maximum Gasteiger partial charge on any atom is 0.169 e. The van der Waals surface area contributed by atoms with E-state index in [0.29, 0.717) is 0 Å². The van der Waals surface area contributed by atoms with E-state index in [1.54, 1.807) is 6.20 Å². The standard InChI is InChI=1S/C12H16BrN3O/c1-3-6-14-11(9-4-5-10(13)17-9)12-15-7-8-16(12)2/h4-5,7-8,11,14H,3,6H2,1-2H3. The van der Waals surface area contributed by atoms with Crippen LogP contribution in [0, 0.1) is 0 Å². The van der Waals surface area contributed by atoms with E-state index in [1.807, 2.05) is 29.9 Å². The minimum atomic E-state index is 0.00116. The van der Waals surface area contributed by atoms with Gasteiger partial charge in [0.2, 0.25) is 0 Å². The summed E-state index contributed by atoms with van der Waals surface area (Å²) in [5, 5.41) is 3.44. The van der Waals surface area contributed by atoms with E-state index in [-0.39, 0.29) is 6.04 Å². The Bertz CT molecular complexity index is 478. The zero-order valence-corrected chi connectivity index (χ0v) is 11.6. The van der Waals surface area contributed by atoms with Crippen LogP contribution in [0.3, 0.4) is 0 Å². The van der Waals surface area contributed by atoms with Crippen molar-refractivity contribution in [2.45, 2.75) is 19.4 Å². The SMILES string of the molecule is CCCNC(c1ccc(Br)o1)c1nccn1C. The first-order valence-corrected chi connectivity index (χ1v) is 6.47. The maximum atomic E-state index is 5.62. The lowest BCUT2D eigenvalue weighted by atomic mass is 10.2. The van der Waals surface area contributed by atoms with Crippen LogP contribution in [0.4, 0.5) is 0 Å². The second kappa shape index (κ2) is 5.51. The lowest BCUT2D eigenvalue weighted by Crippen LogP contribution is -2.25. The van der Waals surface area contributed by atoms with E-state index in [9.17, 15) is 0 Å². The predicted octanol–water partition coefficient (Wildman–Crippen LogP) is 2.86. The molecule has 1 N–H and O–H groups in total. The van der Waals surface area contributed by atoms with Crippen LogP contribution >= 0.6 is 15.9 Å². The van der Waals surface area contributed by atoms with E-state index >= 15 is 0 Å². The van der Waals surface area contributed by atoms with Crippen LogP contribution in [-0.4, -0.2) is 16.1 Å². The number of aryl methyl sites for hydroxylation is 1. The molecule has 4 nitrogen and oxygen atoms in total. The molecule has 0 spiro atoms. The number of nitrogens with zero attached hydrogens (tertiary/aromatic N) is 2. The molecule has 0 radical (unpaired) electrons. The molecule has 0 saturated carbocycles. The number of aromatic nitrogens is 2. The van der Waals surface area contributed by atoms with Gasteiger partial charge in [0.05, 0.1) is 0 Å². The molecule has 1 atom stereocenters. The third-order valence-electron chi connectivity index (χ3n) is 2.59. The zero-order valence-electron chi connectivity index (χ0n) is 9.98. The highest BCUT2D eigenvalue weighted by molar-refractivity contribution is 9.10. The number of hydrogen-bond donors (Lipinski definition) is 1. The Morgan fingerprint density at radius 2 is 2.35 bits per heavy atom. The van der Waals surface area contributed by atoms with Gasteiger partial charge in [-0.3, -0.25) is 0 Å². The molecular weight excluding hydrogens is 282 g/mol. The molecule has 0 fully saturated rings. The van der Waals surface area contributed by atoms with Crippen LogP contribution in [0.25, 0.3) is 0 Å². The van der Waals surface area contributed by atoms with Crippen LogP contribution < -0.4 is 5.32 Å². The summed E-state index contributed by atoms with van der Waals surface area (Å²) in [7, 11) is 1.99. The third kappa shape index (κ3) is 2.79. The first-order valence-electron chi connectivity index (χ1n) is 5.68. The summed E-state index contributed by atoms with van der Waals surface area (Å²) in [6.45, 7) is 3.07. The molecule has 2 heterocycles. The van der Waals surface area contributed by atoms with E-state index < -0.39 is 0 Å². The molecule has 2 aromatic rings. The lowest BCUT2D eigenvalue weighted by Gasteiger charge is -2.15. The molecule has 0 amide bonds. The van der Waals surface area contributed by atoms with Crippen molar-refractivity contribution < 1.29 is 4.42 Å². The second-order valence-electron chi connectivity index (χ2n) is 3.93. The summed E-state index contributed by atoms with van der Waals surface area (Å²) >= 11 is 3.33. The topological polar surface area (TPSA) is 43.0 Å². The van der Waals surface area contributed by atoms with Gasteiger partial charge in [-0.25, -0.2) is 4.98 Å². The Kier molecular flexibility index (Phi) is 4.02. The van der Waals surface area contributed by atoms with E-state index in [4.69, 9.17) is 4.42 Å². The molecule has 5 heteroatoms. The molecular formula is C12H16BrN3O. The minimum absolute atomic E-state index is 0.00116. The smallest absolute Gasteiger partial charge is 0.169 e. The van der Waals surface area contributed by atoms with Crippen LogP contribution in [0.1, 0.15) is 31.0 Å². The van der Waals surface area contributed by atoms with Gasteiger partial charge >= 0.3 is 0 Å². The lowest BCUT2D eigenvalue weighted by molar-refractivity contribution is 0.418. The number of rotatable bonds is 5. The fraction of sp³-hybridized carbons (Fsp3) is 0.417. The first kappa shape index (κ1) is 12.4. The number of furan rings is 1. The highest BCUT2D eigenvalue weighted by Crippen LogP contribution is 2.24. The van der Waals surface area contributed by atoms with Gasteiger partial charge in [-0.1, -0.05) is 6.92 Å². The Balaban J connectivity index is 2.28. The van der Waals surface area contributed by atoms with Crippen molar-refractivity contribution in [3.63, 3.8) is 0 Å². The summed E-state index contributed by atoms with van der Waals surface area (Å²) in [6, 6.07) is 3.87. The summed E-state index contributed by atoms with van der Waals surface area (Å²) < 4.78 is 8.37. The van der Waals surface area contributed by atoms with E-state index in [2.05, 4.69) is 33.2 Å². The monoisotopic (exact) mass is 297 g/mol. The Hall–Kier alpha value is -1.07.